The second-order valence-corrected chi connectivity index (χ2v) is 8.73. The number of benzene rings is 1. The number of halogens is 4. The molecule has 1 aromatic carbocycles. The highest BCUT2D eigenvalue weighted by molar-refractivity contribution is 6.31. The van der Waals surface area contributed by atoms with Gasteiger partial charge < -0.3 is 10.6 Å². The van der Waals surface area contributed by atoms with Crippen molar-refractivity contribution in [2.45, 2.75) is 44.4 Å². The average molecular weight is 446 g/mol. The van der Waals surface area contributed by atoms with Crippen LogP contribution in [0.5, 0.6) is 0 Å². The Kier molecular flexibility index (Phi) is 7.66. The fourth-order valence-corrected chi connectivity index (χ4v) is 4.49. The van der Waals surface area contributed by atoms with Crippen LogP contribution in [0, 0.1) is 6.92 Å². The zero-order chi connectivity index (χ0) is 21.9. The summed E-state index contributed by atoms with van der Waals surface area (Å²) in [5.74, 6) is -0.156. The van der Waals surface area contributed by atoms with Crippen LogP contribution in [0.4, 0.5) is 13.2 Å². The molecule has 3 rings (SSSR count). The van der Waals surface area contributed by atoms with Crippen LogP contribution in [-0.4, -0.2) is 84.7 Å². The monoisotopic (exact) mass is 445 g/mol. The molecule has 0 spiro atoms. The van der Waals surface area contributed by atoms with Crippen molar-refractivity contribution in [1.82, 2.24) is 14.7 Å². The molecular formula is C21H29ClF3N4O-. The molecule has 0 saturated carbocycles. The minimum absolute atomic E-state index is 0.156. The number of piperidine rings is 1. The van der Waals surface area contributed by atoms with E-state index in [1.807, 2.05) is 19.1 Å². The zero-order valence-electron chi connectivity index (χ0n) is 17.2. The van der Waals surface area contributed by atoms with E-state index in [9.17, 15) is 18.0 Å². The molecule has 1 atom stereocenters. The molecule has 0 radical (unpaired) electrons. The molecule has 30 heavy (non-hydrogen) atoms. The predicted octanol–water partition coefficient (Wildman–Crippen LogP) is 3.78. The standard InChI is InChI=1S/C21H29ClF3N4O/c1-15-12-16(2-3-18(15)22)13-19(26)20(30)29-6-4-17(5-7-29)28-10-8-27(9-11-28)14-21(23,24)25/h2-3,12,17,19,26H,4-11,13-14H2,1H3/q-1. The van der Waals surface area contributed by atoms with Crippen molar-refractivity contribution in [3.05, 3.63) is 40.1 Å². The molecule has 0 aliphatic carbocycles. The second kappa shape index (κ2) is 9.85. The van der Waals surface area contributed by atoms with Gasteiger partial charge in [-0.3, -0.25) is 14.6 Å². The van der Waals surface area contributed by atoms with Gasteiger partial charge in [0.2, 0.25) is 5.91 Å². The number of alkyl halides is 3. The van der Waals surface area contributed by atoms with E-state index in [0.717, 1.165) is 24.0 Å². The number of amides is 1. The maximum Gasteiger partial charge on any atom is 0.401 e. The molecule has 2 aliphatic heterocycles. The Hall–Kier alpha value is -1.35. The van der Waals surface area contributed by atoms with E-state index in [1.165, 1.54) is 4.90 Å². The SMILES string of the molecule is Cc1cc(CC([NH-])C(=O)N2CCC(N3CCN(CC(F)(F)F)CC3)CC2)ccc1Cl. The lowest BCUT2D eigenvalue weighted by Gasteiger charge is -2.43. The van der Waals surface area contributed by atoms with Crippen LogP contribution in [0.1, 0.15) is 24.0 Å². The minimum atomic E-state index is -4.15. The van der Waals surface area contributed by atoms with Crippen LogP contribution in [0.2, 0.25) is 5.02 Å². The van der Waals surface area contributed by atoms with E-state index in [4.69, 9.17) is 17.3 Å². The summed E-state index contributed by atoms with van der Waals surface area (Å²) in [6.07, 6.45) is -2.18. The van der Waals surface area contributed by atoms with Crippen LogP contribution in [0.15, 0.2) is 18.2 Å². The molecule has 1 unspecified atom stereocenters. The number of nitrogens with zero attached hydrogens (tertiary/aromatic N) is 3. The van der Waals surface area contributed by atoms with Crippen LogP contribution < -0.4 is 0 Å². The number of nitrogens with one attached hydrogen (secondary N) is 1. The summed E-state index contributed by atoms with van der Waals surface area (Å²) in [4.78, 5) is 18.2. The van der Waals surface area contributed by atoms with Gasteiger partial charge in [0, 0.05) is 50.3 Å². The Morgan fingerprint density at radius 1 is 1.17 bits per heavy atom. The van der Waals surface area contributed by atoms with Crippen molar-refractivity contribution >= 4 is 17.5 Å². The third-order valence-electron chi connectivity index (χ3n) is 6.06. The molecule has 0 bridgehead atoms. The molecule has 9 heteroatoms. The van der Waals surface area contributed by atoms with E-state index < -0.39 is 18.8 Å². The number of carbonyl (C=O) groups excluding carboxylic acids is 1. The van der Waals surface area contributed by atoms with Gasteiger partial charge >= 0.3 is 6.18 Å². The number of hydrogen-bond acceptors (Lipinski definition) is 3. The summed E-state index contributed by atoms with van der Waals surface area (Å²) in [7, 11) is 0. The lowest BCUT2D eigenvalue weighted by atomic mass is 9.99. The fraction of sp³-hybridized carbons (Fsp3) is 0.667. The highest BCUT2D eigenvalue weighted by atomic mass is 35.5. The lowest BCUT2D eigenvalue weighted by Crippen LogP contribution is -2.55. The first kappa shape index (κ1) is 23.3. The Morgan fingerprint density at radius 3 is 2.37 bits per heavy atom. The highest BCUT2D eigenvalue weighted by Gasteiger charge is 2.34. The number of rotatable bonds is 5. The van der Waals surface area contributed by atoms with Gasteiger partial charge in [-0.2, -0.15) is 13.2 Å². The van der Waals surface area contributed by atoms with Crippen molar-refractivity contribution < 1.29 is 18.0 Å². The molecule has 1 aromatic rings. The summed E-state index contributed by atoms with van der Waals surface area (Å²) < 4.78 is 37.6. The van der Waals surface area contributed by atoms with Gasteiger partial charge in [-0.15, -0.1) is 0 Å². The van der Waals surface area contributed by atoms with E-state index in [1.54, 1.807) is 11.0 Å². The Balaban J connectivity index is 1.43. The largest absolute Gasteiger partial charge is 0.667 e. The smallest absolute Gasteiger partial charge is 0.401 e. The minimum Gasteiger partial charge on any atom is -0.667 e. The van der Waals surface area contributed by atoms with Crippen molar-refractivity contribution in [2.75, 3.05) is 45.8 Å². The van der Waals surface area contributed by atoms with Crippen molar-refractivity contribution in [3.8, 4) is 0 Å². The summed E-state index contributed by atoms with van der Waals surface area (Å²) in [5.41, 5.74) is 10.1. The van der Waals surface area contributed by atoms with Crippen LogP contribution >= 0.6 is 11.6 Å². The number of carbonyl (C=O) groups is 1. The Bertz CT molecular complexity index is 729. The van der Waals surface area contributed by atoms with Crippen LogP contribution in [0.25, 0.3) is 5.73 Å². The molecule has 1 amide bonds. The maximum atomic E-state index is 12.7. The first-order chi connectivity index (χ1) is 14.1. The molecule has 2 fully saturated rings. The van der Waals surface area contributed by atoms with Crippen molar-refractivity contribution in [2.24, 2.45) is 0 Å². The number of likely N-dealkylation sites (tertiary alicyclic amines) is 1. The summed E-state index contributed by atoms with van der Waals surface area (Å²) in [5, 5.41) is 0.674. The Morgan fingerprint density at radius 2 is 1.80 bits per heavy atom. The molecule has 0 aromatic heterocycles. The fourth-order valence-electron chi connectivity index (χ4n) is 4.37. The second-order valence-electron chi connectivity index (χ2n) is 8.32. The van der Waals surface area contributed by atoms with Gasteiger partial charge in [-0.05, 0) is 43.4 Å². The van der Waals surface area contributed by atoms with E-state index in [-0.39, 0.29) is 5.91 Å². The van der Waals surface area contributed by atoms with Crippen LogP contribution in [0.3, 0.4) is 0 Å². The summed E-state index contributed by atoms with van der Waals surface area (Å²) in [6.45, 7) is 4.37. The van der Waals surface area contributed by atoms with Gasteiger partial charge in [-0.25, -0.2) is 0 Å². The maximum absolute atomic E-state index is 12.7. The summed E-state index contributed by atoms with van der Waals surface area (Å²) >= 11 is 6.04. The van der Waals surface area contributed by atoms with Gasteiger partial charge in [0.05, 0.1) is 6.54 Å². The Labute approximate surface area is 180 Å². The van der Waals surface area contributed by atoms with E-state index >= 15 is 0 Å². The van der Waals surface area contributed by atoms with E-state index in [2.05, 4.69) is 4.90 Å². The first-order valence-electron chi connectivity index (χ1n) is 10.4. The number of aryl methyl sites for hydroxylation is 1. The van der Waals surface area contributed by atoms with Gasteiger partial charge in [0.25, 0.3) is 0 Å². The van der Waals surface area contributed by atoms with Crippen molar-refractivity contribution in [1.29, 1.82) is 0 Å². The molecule has 1 N–H and O–H groups in total. The molecule has 168 valence electrons. The molecule has 5 nitrogen and oxygen atoms in total. The zero-order valence-corrected chi connectivity index (χ0v) is 18.0. The normalized spacial score (nSPS) is 21.1. The lowest BCUT2D eigenvalue weighted by molar-refractivity contribution is -0.150. The number of piperazine rings is 1. The summed E-state index contributed by atoms with van der Waals surface area (Å²) in [6, 6.07) is 5.03. The molecule has 2 heterocycles. The van der Waals surface area contributed by atoms with Gasteiger partial charge in [0.1, 0.15) is 0 Å². The average Bonchev–Trinajstić information content (AvgIpc) is 2.70. The first-order valence-corrected chi connectivity index (χ1v) is 10.8. The van der Waals surface area contributed by atoms with E-state index in [0.29, 0.717) is 56.8 Å². The molecule has 2 aliphatic rings. The quantitative estimate of drug-likeness (QED) is 0.693. The molecular weight excluding hydrogens is 417 g/mol. The molecule has 2 saturated heterocycles. The third kappa shape index (κ3) is 6.33. The third-order valence-corrected chi connectivity index (χ3v) is 6.49. The van der Waals surface area contributed by atoms with Gasteiger partial charge in [-0.1, -0.05) is 29.8 Å². The van der Waals surface area contributed by atoms with Crippen LogP contribution in [-0.2, 0) is 11.2 Å². The highest BCUT2D eigenvalue weighted by Crippen LogP contribution is 2.23. The predicted molar refractivity (Wildman–Crippen MR) is 112 cm³/mol. The number of hydrogen-bond donors (Lipinski definition) is 0. The van der Waals surface area contributed by atoms with Gasteiger partial charge in [0.15, 0.2) is 0 Å². The topological polar surface area (TPSA) is 50.6 Å². The van der Waals surface area contributed by atoms with Crippen molar-refractivity contribution in [3.63, 3.8) is 0 Å².